The maximum atomic E-state index is 13.7. The molecule has 0 saturated carbocycles. The summed E-state index contributed by atoms with van der Waals surface area (Å²) in [6.07, 6.45) is -2.19. The Morgan fingerprint density at radius 3 is 2.69 bits per heavy atom. The fourth-order valence-electron chi connectivity index (χ4n) is 4.46. The second kappa shape index (κ2) is 8.55. The van der Waals surface area contributed by atoms with Gasteiger partial charge in [0.05, 0.1) is 22.3 Å². The Bertz CT molecular complexity index is 1130. The van der Waals surface area contributed by atoms with E-state index in [0.717, 1.165) is 17.5 Å². The molecule has 0 unspecified atom stereocenters. The van der Waals surface area contributed by atoms with Gasteiger partial charge in [0.1, 0.15) is 0 Å². The smallest absolute Gasteiger partial charge is 0.342 e. The normalized spacial score (nSPS) is 17.3. The molecule has 0 spiro atoms. The molecule has 1 atom stereocenters. The maximum absolute atomic E-state index is 13.7. The van der Waals surface area contributed by atoms with Crippen LogP contribution in [0.4, 0.5) is 13.2 Å². The lowest BCUT2D eigenvalue weighted by molar-refractivity contribution is -0.136. The van der Waals surface area contributed by atoms with E-state index in [1.807, 2.05) is 24.6 Å². The monoisotopic (exact) mass is 449 g/mol. The SMILES string of the molecule is Cc1cc(C(F)(F)F)c2c([C@@H]3CCCN(C(=O)CCCn4nc(C)cc4C)C3)noc2n1. The third-order valence-electron chi connectivity index (χ3n) is 5.93. The minimum atomic E-state index is -4.54. The summed E-state index contributed by atoms with van der Waals surface area (Å²) < 4.78 is 48.1. The zero-order chi connectivity index (χ0) is 23.0. The summed E-state index contributed by atoms with van der Waals surface area (Å²) in [7, 11) is 0. The molecule has 4 rings (SSSR count). The standard InChI is InChI=1S/C22H26F3N5O2/c1-13-11-17(22(23,24)25)19-20(28-32-21(19)26-13)16-6-4-8-29(12-16)18(31)7-5-9-30-15(3)10-14(2)27-30/h10-11,16H,4-9,12H2,1-3H3/t16-/m1/s1. The first-order chi connectivity index (χ1) is 15.1. The highest BCUT2D eigenvalue weighted by molar-refractivity contribution is 5.82. The van der Waals surface area contributed by atoms with Crippen molar-refractivity contribution in [1.29, 1.82) is 0 Å². The maximum Gasteiger partial charge on any atom is 0.417 e. The number of piperidine rings is 1. The van der Waals surface area contributed by atoms with Crippen molar-refractivity contribution in [2.45, 2.75) is 65.1 Å². The number of carbonyl (C=O) groups excluding carboxylic acids is 1. The Morgan fingerprint density at radius 1 is 1.22 bits per heavy atom. The van der Waals surface area contributed by atoms with Crippen molar-refractivity contribution in [1.82, 2.24) is 24.8 Å². The molecule has 4 heterocycles. The van der Waals surface area contributed by atoms with Crippen molar-refractivity contribution in [2.75, 3.05) is 13.1 Å². The number of halogens is 3. The van der Waals surface area contributed by atoms with Crippen LogP contribution in [-0.2, 0) is 17.5 Å². The molecule has 3 aromatic rings. The van der Waals surface area contributed by atoms with E-state index < -0.39 is 11.7 Å². The van der Waals surface area contributed by atoms with E-state index in [1.54, 1.807) is 4.90 Å². The minimum absolute atomic E-state index is 0.00551. The topological polar surface area (TPSA) is 77.0 Å². The Hall–Kier alpha value is -2.91. The number of aromatic nitrogens is 4. The molecule has 0 aliphatic carbocycles. The van der Waals surface area contributed by atoms with Crippen molar-refractivity contribution in [2.24, 2.45) is 0 Å². The molecule has 1 saturated heterocycles. The van der Waals surface area contributed by atoms with Crippen LogP contribution < -0.4 is 0 Å². The molecule has 172 valence electrons. The van der Waals surface area contributed by atoms with Gasteiger partial charge in [-0.2, -0.15) is 18.3 Å². The van der Waals surface area contributed by atoms with Crippen LogP contribution >= 0.6 is 0 Å². The van der Waals surface area contributed by atoms with E-state index in [9.17, 15) is 18.0 Å². The van der Waals surface area contributed by atoms with Crippen LogP contribution in [0.2, 0.25) is 0 Å². The Labute approximate surface area is 183 Å². The fraction of sp³-hybridized carbons (Fsp3) is 0.545. The zero-order valence-corrected chi connectivity index (χ0v) is 18.4. The summed E-state index contributed by atoms with van der Waals surface area (Å²) in [5, 5.41) is 8.27. The van der Waals surface area contributed by atoms with E-state index in [0.29, 0.717) is 45.3 Å². The van der Waals surface area contributed by atoms with E-state index in [1.165, 1.54) is 6.92 Å². The Morgan fingerprint density at radius 2 is 2.00 bits per heavy atom. The van der Waals surface area contributed by atoms with Crippen LogP contribution in [-0.4, -0.2) is 43.8 Å². The quantitative estimate of drug-likeness (QED) is 0.571. The van der Waals surface area contributed by atoms with Crippen molar-refractivity contribution >= 4 is 17.0 Å². The average Bonchev–Trinajstić information content (AvgIpc) is 3.29. The molecule has 10 heteroatoms. The van der Waals surface area contributed by atoms with E-state index in [-0.39, 0.29) is 34.3 Å². The summed E-state index contributed by atoms with van der Waals surface area (Å²) in [6, 6.07) is 3.01. The second-order valence-corrected chi connectivity index (χ2v) is 8.49. The first kappa shape index (κ1) is 22.3. The molecule has 3 aromatic heterocycles. The molecule has 0 aromatic carbocycles. The van der Waals surface area contributed by atoms with Crippen LogP contribution in [0.25, 0.3) is 11.1 Å². The highest BCUT2D eigenvalue weighted by Crippen LogP contribution is 2.40. The first-order valence-electron chi connectivity index (χ1n) is 10.8. The van der Waals surface area contributed by atoms with Crippen LogP contribution in [0.15, 0.2) is 16.7 Å². The Kier molecular flexibility index (Phi) is 5.96. The largest absolute Gasteiger partial charge is 0.417 e. The molecule has 1 aliphatic heterocycles. The van der Waals surface area contributed by atoms with Gasteiger partial charge in [0.25, 0.3) is 5.71 Å². The lowest BCUT2D eigenvalue weighted by Gasteiger charge is -2.32. The predicted molar refractivity (Wildman–Crippen MR) is 111 cm³/mol. The van der Waals surface area contributed by atoms with Crippen molar-refractivity contribution in [3.8, 4) is 0 Å². The molecule has 1 aliphatic rings. The van der Waals surface area contributed by atoms with Gasteiger partial charge in [-0.3, -0.25) is 9.48 Å². The number of amides is 1. The molecule has 32 heavy (non-hydrogen) atoms. The van der Waals surface area contributed by atoms with Crippen molar-refractivity contribution in [3.05, 3.63) is 40.5 Å². The van der Waals surface area contributed by atoms with Gasteiger partial charge in [0.2, 0.25) is 5.91 Å². The fourth-order valence-corrected chi connectivity index (χ4v) is 4.46. The second-order valence-electron chi connectivity index (χ2n) is 8.49. The lowest BCUT2D eigenvalue weighted by Crippen LogP contribution is -2.39. The average molecular weight is 449 g/mol. The summed E-state index contributed by atoms with van der Waals surface area (Å²) in [4.78, 5) is 18.6. The van der Waals surface area contributed by atoms with Crippen LogP contribution in [0, 0.1) is 20.8 Å². The lowest BCUT2D eigenvalue weighted by atomic mass is 9.91. The predicted octanol–water partition coefficient (Wildman–Crippen LogP) is 4.55. The molecule has 0 bridgehead atoms. The van der Waals surface area contributed by atoms with Gasteiger partial charge in [0.15, 0.2) is 0 Å². The van der Waals surface area contributed by atoms with Gasteiger partial charge in [-0.15, -0.1) is 0 Å². The third kappa shape index (κ3) is 4.49. The number of fused-ring (bicyclic) bond motifs is 1. The van der Waals surface area contributed by atoms with Crippen molar-refractivity contribution < 1.29 is 22.5 Å². The van der Waals surface area contributed by atoms with Gasteiger partial charge in [-0.25, -0.2) is 4.98 Å². The third-order valence-corrected chi connectivity index (χ3v) is 5.93. The summed E-state index contributed by atoms with van der Waals surface area (Å²) >= 11 is 0. The summed E-state index contributed by atoms with van der Waals surface area (Å²) in [5.74, 6) is -0.329. The molecule has 0 N–H and O–H groups in total. The van der Waals surface area contributed by atoms with Crippen molar-refractivity contribution in [3.63, 3.8) is 0 Å². The van der Waals surface area contributed by atoms with Crippen LogP contribution in [0.3, 0.4) is 0 Å². The number of aryl methyl sites for hydroxylation is 4. The molecule has 7 nitrogen and oxygen atoms in total. The summed E-state index contributed by atoms with van der Waals surface area (Å²) in [6.45, 7) is 6.96. The number of rotatable bonds is 5. The number of nitrogens with zero attached hydrogens (tertiary/aromatic N) is 5. The molecule has 1 amide bonds. The number of carbonyl (C=O) groups is 1. The first-order valence-corrected chi connectivity index (χ1v) is 10.8. The van der Waals surface area contributed by atoms with E-state index >= 15 is 0 Å². The van der Waals surface area contributed by atoms with Gasteiger partial charge in [-0.1, -0.05) is 5.16 Å². The minimum Gasteiger partial charge on any atom is -0.342 e. The highest BCUT2D eigenvalue weighted by atomic mass is 19.4. The summed E-state index contributed by atoms with van der Waals surface area (Å²) in [5.41, 5.74) is 1.55. The number of pyridine rings is 1. The van der Waals surface area contributed by atoms with Crippen LogP contribution in [0.5, 0.6) is 0 Å². The van der Waals surface area contributed by atoms with Gasteiger partial charge >= 0.3 is 6.18 Å². The van der Waals surface area contributed by atoms with Gasteiger partial charge < -0.3 is 9.42 Å². The van der Waals surface area contributed by atoms with E-state index in [2.05, 4.69) is 15.2 Å². The number of alkyl halides is 3. The van der Waals surface area contributed by atoms with Gasteiger partial charge in [0, 0.05) is 43.4 Å². The number of hydrogen-bond acceptors (Lipinski definition) is 5. The Balaban J connectivity index is 1.47. The van der Waals surface area contributed by atoms with E-state index in [4.69, 9.17) is 4.52 Å². The molecular weight excluding hydrogens is 423 g/mol. The number of likely N-dealkylation sites (tertiary alicyclic amines) is 1. The highest BCUT2D eigenvalue weighted by Gasteiger charge is 2.38. The van der Waals surface area contributed by atoms with Gasteiger partial charge in [-0.05, 0) is 52.2 Å². The van der Waals surface area contributed by atoms with Crippen LogP contribution in [0.1, 0.15) is 59.9 Å². The zero-order valence-electron chi connectivity index (χ0n) is 18.4. The molecule has 0 radical (unpaired) electrons. The molecule has 1 fully saturated rings. The number of hydrogen-bond donors (Lipinski definition) is 0. The molecular formula is C22H26F3N5O2.